The van der Waals surface area contributed by atoms with Crippen molar-refractivity contribution < 1.29 is 9.53 Å². The molecule has 4 N–H and O–H groups in total. The molecule has 1 aliphatic carbocycles. The zero-order valence-corrected chi connectivity index (χ0v) is 16.4. The first-order chi connectivity index (χ1) is 14.7. The van der Waals surface area contributed by atoms with Gasteiger partial charge in [0.15, 0.2) is 17.2 Å². The smallest absolute Gasteiger partial charge is 0.273 e. The molecule has 1 aliphatic heterocycles. The van der Waals surface area contributed by atoms with Crippen LogP contribution >= 0.6 is 0 Å². The maximum Gasteiger partial charge on any atom is 0.273 e. The molecule has 1 atom stereocenters. The maximum absolute atomic E-state index is 12.6. The summed E-state index contributed by atoms with van der Waals surface area (Å²) in [5, 5.41) is 29.5. The molecule has 1 saturated heterocycles. The fourth-order valence-corrected chi connectivity index (χ4v) is 2.95. The molecular formula is C19H23N9O2. The Morgan fingerprint density at radius 3 is 2.83 bits per heavy atom. The number of nitrogens with zero attached hydrogens (tertiary/aromatic N) is 5. The van der Waals surface area contributed by atoms with E-state index in [2.05, 4.69) is 41.4 Å². The summed E-state index contributed by atoms with van der Waals surface area (Å²) in [5.74, 6) is 1.12. The number of anilines is 3. The Bertz CT molecular complexity index is 919. The van der Waals surface area contributed by atoms with Gasteiger partial charge in [0.05, 0.1) is 30.8 Å². The first-order valence-electron chi connectivity index (χ1n) is 9.92. The summed E-state index contributed by atoms with van der Waals surface area (Å²) in [6.07, 6.45) is 5.09. The van der Waals surface area contributed by atoms with Crippen LogP contribution in [0.15, 0.2) is 18.5 Å². The van der Waals surface area contributed by atoms with E-state index < -0.39 is 0 Å². The van der Waals surface area contributed by atoms with Gasteiger partial charge in [-0.1, -0.05) is 0 Å². The number of rotatable bonds is 8. The topological polar surface area (TPSA) is 150 Å². The average molecular weight is 409 g/mol. The van der Waals surface area contributed by atoms with Crippen molar-refractivity contribution in [2.75, 3.05) is 43.4 Å². The Kier molecular flexibility index (Phi) is 6.26. The summed E-state index contributed by atoms with van der Waals surface area (Å²) in [6, 6.07) is 3.62. The minimum absolute atomic E-state index is 0.00454. The monoisotopic (exact) mass is 409 g/mol. The predicted molar refractivity (Wildman–Crippen MR) is 108 cm³/mol. The Morgan fingerprint density at radius 2 is 2.13 bits per heavy atom. The molecule has 1 saturated carbocycles. The van der Waals surface area contributed by atoms with Crippen molar-refractivity contribution in [1.82, 2.24) is 30.8 Å². The van der Waals surface area contributed by atoms with E-state index in [1.54, 1.807) is 6.07 Å². The number of carbonyl (C=O) groups is 1. The number of ether oxygens (including phenoxy) is 1. The van der Waals surface area contributed by atoms with Crippen LogP contribution in [0.25, 0.3) is 0 Å². The molecule has 11 heteroatoms. The minimum atomic E-state index is -0.260. The molecule has 2 aromatic heterocycles. The zero-order valence-electron chi connectivity index (χ0n) is 16.4. The van der Waals surface area contributed by atoms with E-state index in [-0.39, 0.29) is 23.4 Å². The first kappa shape index (κ1) is 19.9. The summed E-state index contributed by atoms with van der Waals surface area (Å²) in [4.78, 5) is 20.7. The van der Waals surface area contributed by atoms with Crippen LogP contribution in [-0.4, -0.2) is 65.0 Å². The molecular weight excluding hydrogens is 386 g/mol. The van der Waals surface area contributed by atoms with Gasteiger partial charge in [-0.3, -0.25) is 4.79 Å². The molecule has 2 aromatic rings. The van der Waals surface area contributed by atoms with Crippen LogP contribution < -0.4 is 21.3 Å². The number of aromatic nitrogens is 4. The van der Waals surface area contributed by atoms with Gasteiger partial charge in [-0.25, -0.2) is 9.97 Å². The summed E-state index contributed by atoms with van der Waals surface area (Å²) in [6.45, 7) is 3.40. The summed E-state index contributed by atoms with van der Waals surface area (Å²) >= 11 is 0. The summed E-state index contributed by atoms with van der Waals surface area (Å²) < 4.78 is 5.71. The van der Waals surface area contributed by atoms with Crippen molar-refractivity contribution in [3.63, 3.8) is 0 Å². The summed E-state index contributed by atoms with van der Waals surface area (Å²) in [7, 11) is 0. The van der Waals surface area contributed by atoms with Gasteiger partial charge in [0, 0.05) is 32.2 Å². The molecule has 3 heterocycles. The number of amides is 1. The molecule has 1 amide bonds. The highest BCUT2D eigenvalue weighted by atomic mass is 16.5. The lowest BCUT2D eigenvalue weighted by Crippen LogP contribution is -2.42. The molecule has 0 radical (unpaired) electrons. The highest BCUT2D eigenvalue weighted by molar-refractivity contribution is 5.97. The SMILES string of the molecule is N#Cc1cnc(Nc2cc(NCC3CNCCO3)c(C(=O)NCC3CC3)nn2)cn1. The highest BCUT2D eigenvalue weighted by Gasteiger charge is 2.24. The molecule has 1 unspecified atom stereocenters. The number of morpholine rings is 1. The lowest BCUT2D eigenvalue weighted by Gasteiger charge is -2.24. The highest BCUT2D eigenvalue weighted by Crippen LogP contribution is 2.28. The molecule has 0 spiro atoms. The van der Waals surface area contributed by atoms with Crippen molar-refractivity contribution in [1.29, 1.82) is 5.26 Å². The van der Waals surface area contributed by atoms with Gasteiger partial charge in [-0.15, -0.1) is 10.2 Å². The first-order valence-corrected chi connectivity index (χ1v) is 9.92. The zero-order chi connectivity index (χ0) is 20.8. The van der Waals surface area contributed by atoms with E-state index in [9.17, 15) is 4.79 Å². The molecule has 2 aliphatic rings. The third kappa shape index (κ3) is 5.37. The standard InChI is InChI=1S/C19H23N9O2/c20-6-13-8-24-17(11-22-13)26-16-5-15(23-10-14-9-21-3-4-30-14)18(28-27-16)19(29)25-7-12-1-2-12/h5,8,11-12,14,21H,1-4,7,9-10H2,(H,25,29)(H2,23,24,26,27). The van der Waals surface area contributed by atoms with Crippen LogP contribution in [0.4, 0.5) is 17.3 Å². The Labute approximate surface area is 173 Å². The quantitative estimate of drug-likeness (QED) is 0.483. The predicted octanol–water partition coefficient (Wildman–Crippen LogP) is 0.422. The maximum atomic E-state index is 12.6. The third-order valence-electron chi connectivity index (χ3n) is 4.80. The van der Waals surface area contributed by atoms with Crippen molar-refractivity contribution in [3.8, 4) is 6.07 Å². The van der Waals surface area contributed by atoms with Gasteiger partial charge < -0.3 is 26.0 Å². The Balaban J connectivity index is 1.48. The van der Waals surface area contributed by atoms with Gasteiger partial charge in [-0.05, 0) is 18.8 Å². The fraction of sp³-hybridized carbons (Fsp3) is 0.474. The second kappa shape index (κ2) is 9.43. The Morgan fingerprint density at radius 1 is 1.23 bits per heavy atom. The molecule has 0 bridgehead atoms. The second-order valence-corrected chi connectivity index (χ2v) is 7.25. The van der Waals surface area contributed by atoms with Crippen LogP contribution in [0.3, 0.4) is 0 Å². The number of hydrogen-bond acceptors (Lipinski definition) is 10. The molecule has 11 nitrogen and oxygen atoms in total. The fourth-order valence-electron chi connectivity index (χ4n) is 2.95. The Hall–Kier alpha value is -3.36. The normalized spacial score (nSPS) is 18.3. The largest absolute Gasteiger partial charge is 0.380 e. The lowest BCUT2D eigenvalue weighted by molar-refractivity contribution is 0.0372. The van der Waals surface area contributed by atoms with Gasteiger partial charge in [0.1, 0.15) is 11.9 Å². The van der Waals surface area contributed by atoms with Crippen LogP contribution in [0.5, 0.6) is 0 Å². The molecule has 30 heavy (non-hydrogen) atoms. The van der Waals surface area contributed by atoms with E-state index >= 15 is 0 Å². The lowest BCUT2D eigenvalue weighted by atomic mass is 10.2. The third-order valence-corrected chi connectivity index (χ3v) is 4.80. The number of nitriles is 1. The molecule has 156 valence electrons. The van der Waals surface area contributed by atoms with Gasteiger partial charge in [-0.2, -0.15) is 5.26 Å². The molecule has 0 aromatic carbocycles. The number of carbonyl (C=O) groups excluding carboxylic acids is 1. The molecule has 2 fully saturated rings. The summed E-state index contributed by atoms with van der Waals surface area (Å²) in [5.41, 5.74) is 1.00. The molecule has 4 rings (SSSR count). The van der Waals surface area contributed by atoms with E-state index in [1.807, 2.05) is 6.07 Å². The van der Waals surface area contributed by atoms with Crippen LogP contribution in [-0.2, 0) is 4.74 Å². The van der Waals surface area contributed by atoms with E-state index in [0.717, 1.165) is 25.9 Å². The average Bonchev–Trinajstić information content (AvgIpc) is 3.62. The van der Waals surface area contributed by atoms with Gasteiger partial charge >= 0.3 is 0 Å². The van der Waals surface area contributed by atoms with E-state index in [1.165, 1.54) is 12.4 Å². The van der Waals surface area contributed by atoms with Gasteiger partial charge in [0.2, 0.25) is 0 Å². The second-order valence-electron chi connectivity index (χ2n) is 7.25. The van der Waals surface area contributed by atoms with Crippen molar-refractivity contribution in [2.24, 2.45) is 5.92 Å². The van der Waals surface area contributed by atoms with Crippen LogP contribution in [0, 0.1) is 17.2 Å². The van der Waals surface area contributed by atoms with Crippen molar-refractivity contribution >= 4 is 23.2 Å². The minimum Gasteiger partial charge on any atom is -0.380 e. The van der Waals surface area contributed by atoms with Crippen LogP contribution in [0.2, 0.25) is 0 Å². The van der Waals surface area contributed by atoms with Crippen molar-refractivity contribution in [2.45, 2.75) is 18.9 Å². The van der Waals surface area contributed by atoms with Crippen LogP contribution in [0.1, 0.15) is 29.0 Å². The van der Waals surface area contributed by atoms with E-state index in [4.69, 9.17) is 10.00 Å². The number of hydrogen-bond donors (Lipinski definition) is 4. The van der Waals surface area contributed by atoms with Gasteiger partial charge in [0.25, 0.3) is 5.91 Å². The van der Waals surface area contributed by atoms with Crippen molar-refractivity contribution in [3.05, 3.63) is 29.8 Å². The van der Waals surface area contributed by atoms with E-state index in [0.29, 0.717) is 42.9 Å². The number of nitrogens with one attached hydrogen (secondary N) is 4.